The Bertz CT molecular complexity index is 510. The van der Waals surface area contributed by atoms with Crippen molar-refractivity contribution < 1.29 is 9.90 Å². The third kappa shape index (κ3) is 3.09. The monoisotopic (exact) mass is 263 g/mol. The minimum Gasteiger partial charge on any atom is -0.476 e. The first-order valence-corrected chi connectivity index (χ1v) is 6.20. The number of carbonyl (C=O) groups is 1. The van der Waals surface area contributed by atoms with E-state index in [0.717, 1.165) is 26.1 Å². The zero-order valence-corrected chi connectivity index (χ0v) is 11.1. The molecule has 1 aromatic rings. The van der Waals surface area contributed by atoms with Crippen molar-refractivity contribution in [3.63, 3.8) is 0 Å². The number of rotatable bonds is 5. The summed E-state index contributed by atoms with van der Waals surface area (Å²) in [5.74, 6) is -1.06. The lowest BCUT2D eigenvalue weighted by atomic mass is 9.90. The van der Waals surface area contributed by atoms with Crippen LogP contribution in [0.2, 0.25) is 0 Å². The maximum Gasteiger partial charge on any atom is 0.358 e. The number of nitriles is 1. The maximum absolute atomic E-state index is 10.7. The molecule has 7 heteroatoms. The van der Waals surface area contributed by atoms with Crippen LogP contribution in [0.1, 0.15) is 36.8 Å². The molecule has 0 spiro atoms. The van der Waals surface area contributed by atoms with Crippen molar-refractivity contribution in [1.82, 2.24) is 19.9 Å². The summed E-state index contributed by atoms with van der Waals surface area (Å²) in [7, 11) is 0. The van der Waals surface area contributed by atoms with Crippen molar-refractivity contribution in [2.75, 3.05) is 19.6 Å². The first kappa shape index (κ1) is 13.5. The molecular formula is C12H17N5O2. The Balaban J connectivity index is 1.80. The van der Waals surface area contributed by atoms with Gasteiger partial charge in [-0.2, -0.15) is 5.26 Å². The highest BCUT2D eigenvalue weighted by Crippen LogP contribution is 2.24. The fourth-order valence-corrected chi connectivity index (χ4v) is 1.94. The number of carboxylic acids is 1. The number of likely N-dealkylation sites (tertiary alicyclic amines) is 1. The van der Waals surface area contributed by atoms with E-state index >= 15 is 0 Å². The molecule has 0 aliphatic carbocycles. The lowest BCUT2D eigenvalue weighted by Crippen LogP contribution is -2.48. The van der Waals surface area contributed by atoms with Crippen molar-refractivity contribution in [3.05, 3.63) is 11.9 Å². The van der Waals surface area contributed by atoms with Crippen LogP contribution in [0, 0.1) is 16.7 Å². The van der Waals surface area contributed by atoms with Gasteiger partial charge in [0, 0.05) is 13.1 Å². The van der Waals surface area contributed by atoms with E-state index in [1.54, 1.807) is 4.68 Å². The number of hydrogen-bond donors (Lipinski definition) is 1. The normalized spacial score (nSPS) is 16.9. The van der Waals surface area contributed by atoms with E-state index in [1.807, 2.05) is 13.8 Å². The molecule has 2 heterocycles. The Hall–Kier alpha value is -1.94. The molecule has 0 radical (unpaired) electrons. The fraction of sp³-hybridized carbons (Fsp3) is 0.667. The van der Waals surface area contributed by atoms with Gasteiger partial charge in [-0.3, -0.25) is 4.90 Å². The smallest absolute Gasteiger partial charge is 0.358 e. The van der Waals surface area contributed by atoms with Gasteiger partial charge in [-0.05, 0) is 26.8 Å². The zero-order valence-electron chi connectivity index (χ0n) is 11.1. The highest BCUT2D eigenvalue weighted by molar-refractivity contribution is 5.84. The van der Waals surface area contributed by atoms with Crippen LogP contribution in [-0.4, -0.2) is 50.6 Å². The van der Waals surface area contributed by atoms with Crippen molar-refractivity contribution in [2.45, 2.75) is 26.3 Å². The summed E-state index contributed by atoms with van der Waals surface area (Å²) < 4.78 is 1.61. The predicted molar refractivity (Wildman–Crippen MR) is 66.5 cm³/mol. The lowest BCUT2D eigenvalue weighted by molar-refractivity contribution is 0.0689. The molecule has 0 aromatic carbocycles. The average molecular weight is 263 g/mol. The second kappa shape index (κ2) is 4.97. The Kier molecular flexibility index (Phi) is 3.53. The zero-order chi connectivity index (χ0) is 14.0. The number of aromatic nitrogens is 3. The quantitative estimate of drug-likeness (QED) is 0.843. The Morgan fingerprint density at radius 1 is 1.63 bits per heavy atom. The molecule has 7 nitrogen and oxygen atoms in total. The van der Waals surface area contributed by atoms with Crippen molar-refractivity contribution in [1.29, 1.82) is 5.26 Å². The van der Waals surface area contributed by atoms with Crippen molar-refractivity contribution in [2.24, 2.45) is 5.41 Å². The fourth-order valence-electron chi connectivity index (χ4n) is 1.94. The molecular weight excluding hydrogens is 246 g/mol. The highest BCUT2D eigenvalue weighted by Gasteiger charge is 2.30. The van der Waals surface area contributed by atoms with Gasteiger partial charge in [-0.15, -0.1) is 5.10 Å². The van der Waals surface area contributed by atoms with E-state index in [9.17, 15) is 4.79 Å². The van der Waals surface area contributed by atoms with Crippen molar-refractivity contribution in [3.8, 4) is 6.07 Å². The number of carboxylic acid groups (broad SMARTS) is 1. The van der Waals surface area contributed by atoms with Crippen LogP contribution in [-0.2, 0) is 0 Å². The van der Waals surface area contributed by atoms with E-state index in [-0.39, 0.29) is 17.2 Å². The summed E-state index contributed by atoms with van der Waals surface area (Å²) in [4.78, 5) is 12.9. The molecule has 1 aliphatic rings. The third-order valence-electron chi connectivity index (χ3n) is 3.40. The SMILES string of the molecule is CC(C)(C#N)CCN1CC(n2cc(C(=O)O)nn2)C1. The van der Waals surface area contributed by atoms with Crippen LogP contribution in [0.15, 0.2) is 6.20 Å². The molecule has 1 saturated heterocycles. The number of nitrogens with zero attached hydrogens (tertiary/aromatic N) is 5. The van der Waals surface area contributed by atoms with E-state index in [1.165, 1.54) is 6.20 Å². The van der Waals surface area contributed by atoms with Gasteiger partial charge in [0.15, 0.2) is 5.69 Å². The van der Waals surface area contributed by atoms with Gasteiger partial charge in [-0.25, -0.2) is 9.48 Å². The van der Waals surface area contributed by atoms with Crippen LogP contribution in [0.5, 0.6) is 0 Å². The minimum absolute atomic E-state index is 0.0240. The first-order chi connectivity index (χ1) is 8.91. The first-order valence-electron chi connectivity index (χ1n) is 6.20. The second-order valence-electron chi connectivity index (χ2n) is 5.55. The summed E-state index contributed by atoms with van der Waals surface area (Å²) in [6, 6.07) is 2.47. The number of aromatic carboxylic acids is 1. The number of hydrogen-bond acceptors (Lipinski definition) is 5. The van der Waals surface area contributed by atoms with Gasteiger partial charge < -0.3 is 5.11 Å². The Labute approximate surface area is 111 Å². The van der Waals surface area contributed by atoms with Gasteiger partial charge in [-0.1, -0.05) is 5.21 Å². The van der Waals surface area contributed by atoms with E-state index in [4.69, 9.17) is 10.4 Å². The molecule has 1 aliphatic heterocycles. The molecule has 0 saturated carbocycles. The van der Waals surface area contributed by atoms with Crippen LogP contribution >= 0.6 is 0 Å². The molecule has 0 amide bonds. The van der Waals surface area contributed by atoms with Crippen LogP contribution in [0.4, 0.5) is 0 Å². The largest absolute Gasteiger partial charge is 0.476 e. The molecule has 0 unspecified atom stereocenters. The molecule has 0 atom stereocenters. The molecule has 1 N–H and O–H groups in total. The Morgan fingerprint density at radius 3 is 2.84 bits per heavy atom. The van der Waals surface area contributed by atoms with Crippen LogP contribution < -0.4 is 0 Å². The summed E-state index contributed by atoms with van der Waals surface area (Å²) in [5.41, 5.74) is -0.321. The minimum atomic E-state index is -1.06. The second-order valence-corrected chi connectivity index (χ2v) is 5.55. The topological polar surface area (TPSA) is 95.0 Å². The standard InChI is InChI=1S/C12H17N5O2/c1-12(2,8-13)3-4-16-5-9(6-16)17-7-10(11(18)19)14-15-17/h7,9H,3-6H2,1-2H3,(H,18,19). The van der Waals surface area contributed by atoms with E-state index in [2.05, 4.69) is 21.3 Å². The van der Waals surface area contributed by atoms with Crippen LogP contribution in [0.3, 0.4) is 0 Å². The average Bonchev–Trinajstić information content (AvgIpc) is 2.76. The summed E-state index contributed by atoms with van der Waals surface area (Å²) in [6.07, 6.45) is 2.29. The van der Waals surface area contributed by atoms with Gasteiger partial charge in [0.25, 0.3) is 0 Å². The Morgan fingerprint density at radius 2 is 2.32 bits per heavy atom. The van der Waals surface area contributed by atoms with Crippen LogP contribution in [0.25, 0.3) is 0 Å². The molecule has 2 rings (SSSR count). The van der Waals surface area contributed by atoms with Gasteiger partial charge in [0.2, 0.25) is 0 Å². The molecule has 0 bridgehead atoms. The van der Waals surface area contributed by atoms with E-state index < -0.39 is 5.97 Å². The van der Waals surface area contributed by atoms with Gasteiger partial charge in [0.1, 0.15) is 0 Å². The molecule has 102 valence electrons. The van der Waals surface area contributed by atoms with Crippen molar-refractivity contribution >= 4 is 5.97 Å². The van der Waals surface area contributed by atoms with E-state index in [0.29, 0.717) is 0 Å². The molecule has 19 heavy (non-hydrogen) atoms. The molecule has 1 aromatic heterocycles. The highest BCUT2D eigenvalue weighted by atomic mass is 16.4. The summed E-state index contributed by atoms with van der Waals surface area (Å²) in [6.45, 7) is 6.38. The lowest BCUT2D eigenvalue weighted by Gasteiger charge is -2.39. The summed E-state index contributed by atoms with van der Waals surface area (Å²) in [5, 5.41) is 25.1. The maximum atomic E-state index is 10.7. The van der Waals surface area contributed by atoms with Gasteiger partial charge >= 0.3 is 5.97 Å². The summed E-state index contributed by atoms with van der Waals surface area (Å²) >= 11 is 0. The predicted octanol–water partition coefficient (Wildman–Crippen LogP) is 0.773. The molecule has 1 fully saturated rings. The van der Waals surface area contributed by atoms with Gasteiger partial charge in [0.05, 0.1) is 23.7 Å². The third-order valence-corrected chi connectivity index (χ3v) is 3.40.